The first-order valence-corrected chi connectivity index (χ1v) is 6.26. The van der Waals surface area contributed by atoms with Gasteiger partial charge < -0.3 is 5.32 Å². The molecule has 0 spiro atoms. The average Bonchev–Trinajstić information content (AvgIpc) is 3.01. The lowest BCUT2D eigenvalue weighted by Crippen LogP contribution is -2.33. The minimum Gasteiger partial charge on any atom is -0.336 e. The Hall–Kier alpha value is -2.75. The van der Waals surface area contributed by atoms with E-state index in [9.17, 15) is 4.79 Å². The minimum atomic E-state index is -0.476. The van der Waals surface area contributed by atoms with Crippen LogP contribution in [0, 0.1) is 11.3 Å². The fourth-order valence-corrected chi connectivity index (χ4v) is 1.71. The van der Waals surface area contributed by atoms with Crippen LogP contribution in [0.5, 0.6) is 0 Å². The molecular formula is C13H14N6O. The number of nitrogens with one attached hydrogen (secondary N) is 1. The molecule has 1 N–H and O–H groups in total. The second-order valence-corrected chi connectivity index (χ2v) is 4.19. The second-order valence-electron chi connectivity index (χ2n) is 4.19. The van der Waals surface area contributed by atoms with Crippen LogP contribution < -0.4 is 5.32 Å². The monoisotopic (exact) mass is 270 g/mol. The number of carbonyl (C=O) groups excluding carboxylic acids is 1. The van der Waals surface area contributed by atoms with Crippen molar-refractivity contribution in [3.63, 3.8) is 0 Å². The van der Waals surface area contributed by atoms with Crippen LogP contribution in [0.4, 0.5) is 0 Å². The molecule has 2 rings (SSSR count). The molecule has 2 heterocycles. The Morgan fingerprint density at radius 2 is 2.45 bits per heavy atom. The van der Waals surface area contributed by atoms with Gasteiger partial charge in [-0.25, -0.2) is 14.6 Å². The van der Waals surface area contributed by atoms with E-state index in [1.165, 1.54) is 23.5 Å². The van der Waals surface area contributed by atoms with Crippen molar-refractivity contribution in [2.45, 2.75) is 25.8 Å². The van der Waals surface area contributed by atoms with Crippen molar-refractivity contribution < 1.29 is 4.79 Å². The maximum Gasteiger partial charge on any atom is 0.252 e. The molecule has 1 amide bonds. The highest BCUT2D eigenvalue weighted by atomic mass is 16.1. The molecule has 0 saturated carbocycles. The molecule has 0 radical (unpaired) electrons. The van der Waals surface area contributed by atoms with Gasteiger partial charge in [0.2, 0.25) is 0 Å². The molecule has 7 nitrogen and oxygen atoms in total. The quantitative estimate of drug-likeness (QED) is 0.877. The summed E-state index contributed by atoms with van der Waals surface area (Å²) in [4.78, 5) is 20.0. The van der Waals surface area contributed by atoms with E-state index in [0.29, 0.717) is 17.8 Å². The third-order valence-electron chi connectivity index (χ3n) is 2.70. The normalized spacial score (nSPS) is 11.6. The summed E-state index contributed by atoms with van der Waals surface area (Å²) >= 11 is 0. The van der Waals surface area contributed by atoms with E-state index in [2.05, 4.69) is 26.5 Å². The highest BCUT2D eigenvalue weighted by molar-refractivity contribution is 5.94. The van der Waals surface area contributed by atoms with Gasteiger partial charge in [-0.15, -0.1) is 0 Å². The number of nitriles is 1. The van der Waals surface area contributed by atoms with E-state index in [0.717, 1.165) is 6.42 Å². The van der Waals surface area contributed by atoms with Gasteiger partial charge in [0, 0.05) is 11.8 Å². The maximum atomic E-state index is 12.1. The average molecular weight is 270 g/mol. The van der Waals surface area contributed by atoms with E-state index >= 15 is 0 Å². The van der Waals surface area contributed by atoms with Crippen LogP contribution in [0.3, 0.4) is 0 Å². The molecule has 102 valence electrons. The Bertz CT molecular complexity index is 616. The number of hydrogen-bond donors (Lipinski definition) is 1. The van der Waals surface area contributed by atoms with Gasteiger partial charge in [-0.3, -0.25) is 4.79 Å². The predicted molar refractivity (Wildman–Crippen MR) is 70.9 cm³/mol. The number of amides is 1. The van der Waals surface area contributed by atoms with Crippen LogP contribution in [-0.2, 0) is 0 Å². The van der Waals surface area contributed by atoms with Crippen molar-refractivity contribution in [2.75, 3.05) is 0 Å². The first kappa shape index (κ1) is 13.7. The lowest BCUT2D eigenvalue weighted by Gasteiger charge is -2.10. The number of carbonyl (C=O) groups is 1. The summed E-state index contributed by atoms with van der Waals surface area (Å²) in [6.07, 6.45) is 5.87. The third kappa shape index (κ3) is 3.17. The predicted octanol–water partition coefficient (Wildman–Crippen LogP) is 1.08. The van der Waals surface area contributed by atoms with Crippen LogP contribution in [-0.4, -0.2) is 31.7 Å². The van der Waals surface area contributed by atoms with Gasteiger partial charge in [0.05, 0.1) is 6.07 Å². The van der Waals surface area contributed by atoms with Crippen molar-refractivity contribution in [2.24, 2.45) is 0 Å². The molecular weight excluding hydrogens is 256 g/mol. The van der Waals surface area contributed by atoms with Crippen molar-refractivity contribution in [3.8, 4) is 11.9 Å². The van der Waals surface area contributed by atoms with Gasteiger partial charge in [0.15, 0.2) is 5.82 Å². The SMILES string of the molecule is CCC[C@H](C#N)NC(=O)c1ccnc(-n2cncn2)c1. The number of pyridine rings is 1. The van der Waals surface area contributed by atoms with Crippen LogP contribution in [0.25, 0.3) is 5.82 Å². The molecule has 0 bridgehead atoms. The molecule has 0 aliphatic rings. The molecule has 1 atom stereocenters. The van der Waals surface area contributed by atoms with Crippen LogP contribution in [0.2, 0.25) is 0 Å². The molecule has 0 unspecified atom stereocenters. The Morgan fingerprint density at radius 3 is 3.10 bits per heavy atom. The van der Waals surface area contributed by atoms with E-state index in [1.807, 2.05) is 6.92 Å². The molecule has 2 aromatic rings. The van der Waals surface area contributed by atoms with Crippen molar-refractivity contribution >= 4 is 5.91 Å². The minimum absolute atomic E-state index is 0.297. The number of aromatic nitrogens is 4. The molecule has 20 heavy (non-hydrogen) atoms. The van der Waals surface area contributed by atoms with E-state index in [-0.39, 0.29) is 5.91 Å². The molecule has 0 aliphatic carbocycles. The van der Waals surface area contributed by atoms with Crippen molar-refractivity contribution in [1.29, 1.82) is 5.26 Å². The summed E-state index contributed by atoms with van der Waals surface area (Å²) in [6.45, 7) is 1.96. The van der Waals surface area contributed by atoms with Crippen molar-refractivity contribution in [1.82, 2.24) is 25.1 Å². The van der Waals surface area contributed by atoms with Gasteiger partial charge in [-0.05, 0) is 18.6 Å². The van der Waals surface area contributed by atoms with E-state index in [1.54, 1.807) is 12.1 Å². The summed E-state index contributed by atoms with van der Waals surface area (Å²) in [7, 11) is 0. The highest BCUT2D eigenvalue weighted by Crippen LogP contribution is 2.06. The number of rotatable bonds is 5. The smallest absolute Gasteiger partial charge is 0.252 e. The Morgan fingerprint density at radius 1 is 1.60 bits per heavy atom. The van der Waals surface area contributed by atoms with E-state index in [4.69, 9.17) is 5.26 Å². The summed E-state index contributed by atoms with van der Waals surface area (Å²) in [6, 6.07) is 4.79. The van der Waals surface area contributed by atoms with Gasteiger partial charge in [-0.2, -0.15) is 10.4 Å². The van der Waals surface area contributed by atoms with Gasteiger partial charge in [0.1, 0.15) is 18.7 Å². The standard InChI is InChI=1S/C13H14N6O/c1-2-3-11(7-14)18-13(20)10-4-5-16-12(6-10)19-9-15-8-17-19/h4-6,8-9,11H,2-3H2,1H3,(H,18,20)/t11-/m1/s1. The zero-order valence-electron chi connectivity index (χ0n) is 11.0. The molecule has 7 heteroatoms. The zero-order valence-corrected chi connectivity index (χ0v) is 11.0. The molecule has 0 fully saturated rings. The van der Waals surface area contributed by atoms with Crippen molar-refractivity contribution in [3.05, 3.63) is 36.5 Å². The lowest BCUT2D eigenvalue weighted by molar-refractivity contribution is 0.0943. The van der Waals surface area contributed by atoms with E-state index < -0.39 is 6.04 Å². The molecule has 0 aliphatic heterocycles. The third-order valence-corrected chi connectivity index (χ3v) is 2.70. The van der Waals surface area contributed by atoms with Gasteiger partial charge in [0.25, 0.3) is 5.91 Å². The Kier molecular flexibility index (Phi) is 4.39. The van der Waals surface area contributed by atoms with Crippen LogP contribution >= 0.6 is 0 Å². The Labute approximate surface area is 116 Å². The first-order valence-electron chi connectivity index (χ1n) is 6.26. The highest BCUT2D eigenvalue weighted by Gasteiger charge is 2.13. The van der Waals surface area contributed by atoms with Crippen LogP contribution in [0.1, 0.15) is 30.1 Å². The molecule has 0 saturated heterocycles. The number of nitrogens with zero attached hydrogens (tertiary/aromatic N) is 5. The molecule has 0 aromatic carbocycles. The lowest BCUT2D eigenvalue weighted by atomic mass is 10.1. The Balaban J connectivity index is 2.15. The van der Waals surface area contributed by atoms with Crippen LogP contribution in [0.15, 0.2) is 31.0 Å². The topological polar surface area (TPSA) is 96.5 Å². The summed E-state index contributed by atoms with van der Waals surface area (Å²) in [5.41, 5.74) is 0.432. The second kappa shape index (κ2) is 6.43. The fraction of sp³-hybridized carbons (Fsp3) is 0.308. The van der Waals surface area contributed by atoms with Gasteiger partial charge in [-0.1, -0.05) is 13.3 Å². The summed E-state index contributed by atoms with van der Waals surface area (Å²) in [5.74, 6) is 0.202. The number of hydrogen-bond acceptors (Lipinski definition) is 5. The molecule has 2 aromatic heterocycles. The summed E-state index contributed by atoms with van der Waals surface area (Å²) < 4.78 is 1.46. The largest absolute Gasteiger partial charge is 0.336 e. The summed E-state index contributed by atoms with van der Waals surface area (Å²) in [5, 5.41) is 15.6. The zero-order chi connectivity index (χ0) is 14.4. The fourth-order valence-electron chi connectivity index (χ4n) is 1.71. The van der Waals surface area contributed by atoms with Gasteiger partial charge >= 0.3 is 0 Å². The maximum absolute atomic E-state index is 12.1. The first-order chi connectivity index (χ1) is 9.74.